The lowest BCUT2D eigenvalue weighted by Crippen LogP contribution is -2.61. The molecule has 3 aliphatic rings. The van der Waals surface area contributed by atoms with Crippen LogP contribution < -0.4 is 26.8 Å². The summed E-state index contributed by atoms with van der Waals surface area (Å²) in [5, 5.41) is 12.7. The average Bonchev–Trinajstić information content (AvgIpc) is 1.44. The van der Waals surface area contributed by atoms with Crippen molar-refractivity contribution in [1.29, 1.82) is 0 Å². The van der Waals surface area contributed by atoms with Crippen molar-refractivity contribution in [1.82, 2.24) is 46.8 Å². The van der Waals surface area contributed by atoms with Crippen LogP contribution in [0.2, 0.25) is 0 Å². The van der Waals surface area contributed by atoms with Crippen LogP contribution >= 0.6 is 0 Å². The number of esters is 4. The summed E-state index contributed by atoms with van der Waals surface area (Å²) >= 11 is 0. The van der Waals surface area contributed by atoms with Crippen molar-refractivity contribution >= 4 is 87.4 Å². The van der Waals surface area contributed by atoms with E-state index in [0.717, 1.165) is 38.5 Å². The number of fused-ring (bicyclic) bond motifs is 5. The number of aromatic nitrogens is 2. The molecule has 4 aromatic rings. The predicted octanol–water partition coefficient (Wildman–Crippen LogP) is 7.99. The van der Waals surface area contributed by atoms with Crippen LogP contribution in [0.15, 0.2) is 73.1 Å². The van der Waals surface area contributed by atoms with E-state index in [0.29, 0.717) is 44.3 Å². The number of benzene rings is 2. The van der Waals surface area contributed by atoms with Crippen LogP contribution in [0.3, 0.4) is 0 Å². The Morgan fingerprint density at radius 3 is 2.12 bits per heavy atom. The number of ether oxygens (including phenoxy) is 4. The maximum atomic E-state index is 13.3. The minimum Gasteiger partial charge on any atom is -0.460 e. The molecule has 0 spiro atoms. The third kappa shape index (κ3) is 20.5. The van der Waals surface area contributed by atoms with E-state index < -0.39 is 95.2 Å². The first kappa shape index (κ1) is 69.0. The maximum Gasteiger partial charge on any atom is 0.325 e. The van der Waals surface area contributed by atoms with Crippen LogP contribution in [-0.2, 0) is 62.1 Å². The predicted molar refractivity (Wildman–Crippen MR) is 332 cm³/mol. The second-order valence-corrected chi connectivity index (χ2v) is 25.4. The number of nitrogens with zero attached hydrogens (tertiary/aromatic N) is 4. The first-order valence-electron chi connectivity index (χ1n) is 30.4. The first-order chi connectivity index (χ1) is 41.3. The van der Waals surface area contributed by atoms with Gasteiger partial charge in [0.15, 0.2) is 0 Å². The molecule has 5 bridgehead atoms. The van der Waals surface area contributed by atoms with E-state index in [9.17, 15) is 43.2 Å². The van der Waals surface area contributed by atoms with Crippen LogP contribution in [0.5, 0.6) is 0 Å². The summed E-state index contributed by atoms with van der Waals surface area (Å²) in [5.74, 6) is -4.71. The van der Waals surface area contributed by atoms with Gasteiger partial charge in [0.05, 0.1) is 29.8 Å². The topological polar surface area (TPSA) is 283 Å². The number of hydrogen-bond donors (Lipinski definition) is 5. The van der Waals surface area contributed by atoms with E-state index in [-0.39, 0.29) is 48.9 Å². The molecule has 7 rings (SSSR count). The Labute approximate surface area is 516 Å². The van der Waals surface area contributed by atoms with E-state index in [4.69, 9.17) is 18.9 Å². The van der Waals surface area contributed by atoms with Gasteiger partial charge in [0.1, 0.15) is 53.6 Å². The van der Waals surface area contributed by atoms with Gasteiger partial charge in [0.25, 0.3) is 11.8 Å². The second kappa shape index (κ2) is 30.7. The van der Waals surface area contributed by atoms with Crippen molar-refractivity contribution < 1.29 is 62.1 Å². The van der Waals surface area contributed by atoms with Crippen LogP contribution in [0.1, 0.15) is 176 Å². The third-order valence-corrected chi connectivity index (χ3v) is 14.8. The Kier molecular flexibility index (Phi) is 24.1. The van der Waals surface area contributed by atoms with E-state index >= 15 is 0 Å². The number of amides is 5. The number of cyclic esters (lactones) is 1. The molecule has 2 aromatic carbocycles. The molecule has 2 saturated heterocycles. The lowest BCUT2D eigenvalue weighted by Gasteiger charge is -2.35. The molecule has 5 amide bonds. The SMILES string of the molecule is CC(C)[C@@H]1NC(=O)C/C=C/c2ccc3ncc(cc3c2)[C@@H](C)OC(=O)[C@@H]2CCCN(N2)C(=O)[C@H](C)NC1=O.CC(C)[C@H](CC(=O)OC(C)(C)C)C(=O)N[C@@H](C)C(=O)N1CCC[C@@H](C(=O)O[C@H](C)c2cnc3ccc(/C=C/CC(=O)OC(C)(C)C)cc3c2)N1. The number of carbonyl (C=O) groups is 9. The fourth-order valence-electron chi connectivity index (χ4n) is 10.0. The van der Waals surface area contributed by atoms with Gasteiger partial charge in [0.2, 0.25) is 17.7 Å². The molecule has 5 heterocycles. The Morgan fingerprint density at radius 2 is 1.44 bits per heavy atom. The fourth-order valence-corrected chi connectivity index (χ4v) is 10.0. The monoisotopic (exact) mass is 1220 g/mol. The van der Waals surface area contributed by atoms with Crippen molar-refractivity contribution in [2.45, 2.75) is 195 Å². The molecule has 476 valence electrons. The van der Waals surface area contributed by atoms with E-state index in [1.54, 1.807) is 73.0 Å². The molecule has 8 atom stereocenters. The number of rotatable bonds is 13. The first-order valence-corrected chi connectivity index (χ1v) is 30.4. The summed E-state index contributed by atoms with van der Waals surface area (Å²) in [6.07, 6.45) is 11.7. The molecule has 0 radical (unpaired) electrons. The number of pyridine rings is 2. The van der Waals surface area contributed by atoms with Crippen LogP contribution in [-0.4, -0.2) is 128 Å². The van der Waals surface area contributed by atoms with E-state index in [1.165, 1.54) is 10.0 Å². The summed E-state index contributed by atoms with van der Waals surface area (Å²) in [4.78, 5) is 125. The molecule has 5 N–H and O–H groups in total. The smallest absolute Gasteiger partial charge is 0.325 e. The van der Waals surface area contributed by atoms with Crippen molar-refractivity contribution in [3.8, 4) is 0 Å². The maximum absolute atomic E-state index is 13.3. The highest BCUT2D eigenvalue weighted by molar-refractivity contribution is 5.93. The Balaban J connectivity index is 0.000000291. The lowest BCUT2D eigenvalue weighted by atomic mass is 9.91. The van der Waals surface area contributed by atoms with Gasteiger partial charge in [-0.05, 0) is 154 Å². The number of hydrazine groups is 2. The average molecular weight is 1220 g/mol. The van der Waals surface area contributed by atoms with Crippen molar-refractivity contribution in [2.24, 2.45) is 17.8 Å². The molecule has 88 heavy (non-hydrogen) atoms. The highest BCUT2D eigenvalue weighted by Crippen LogP contribution is 2.27. The Bertz CT molecular complexity index is 3260. The van der Waals surface area contributed by atoms with E-state index in [2.05, 4.69) is 36.8 Å². The molecule has 0 unspecified atom stereocenters. The summed E-state index contributed by atoms with van der Waals surface area (Å²) < 4.78 is 22.3. The minimum atomic E-state index is -0.899. The van der Waals surface area contributed by atoms with Gasteiger partial charge < -0.3 is 34.9 Å². The molecular weight excluding hydrogens is 1130 g/mol. The zero-order valence-corrected chi connectivity index (χ0v) is 53.3. The molecule has 22 heteroatoms. The zero-order chi connectivity index (χ0) is 64.8. The minimum absolute atomic E-state index is 0.0907. The highest BCUT2D eigenvalue weighted by atomic mass is 16.6. The van der Waals surface area contributed by atoms with Crippen molar-refractivity contribution in [2.75, 3.05) is 13.1 Å². The number of nitrogens with one attached hydrogen (secondary N) is 5. The van der Waals surface area contributed by atoms with Gasteiger partial charge in [-0.3, -0.25) is 63.1 Å². The normalized spacial score (nSPS) is 21.3. The highest BCUT2D eigenvalue weighted by Gasteiger charge is 2.37. The summed E-state index contributed by atoms with van der Waals surface area (Å²) in [6.45, 7) is 25.6. The molecular formula is C66H89N9O13. The third-order valence-electron chi connectivity index (χ3n) is 14.8. The van der Waals surface area contributed by atoms with Crippen LogP contribution in [0.25, 0.3) is 34.0 Å². The van der Waals surface area contributed by atoms with E-state index in [1.807, 2.05) is 109 Å². The lowest BCUT2D eigenvalue weighted by molar-refractivity contribution is -0.158. The molecule has 3 aliphatic heterocycles. The van der Waals surface area contributed by atoms with Gasteiger partial charge in [-0.25, -0.2) is 10.9 Å². The molecule has 0 aliphatic carbocycles. The quantitative estimate of drug-likeness (QED) is 0.0626. The van der Waals surface area contributed by atoms with Crippen molar-refractivity contribution in [3.05, 3.63) is 95.3 Å². The van der Waals surface area contributed by atoms with Gasteiger partial charge in [-0.2, -0.15) is 0 Å². The summed E-state index contributed by atoms with van der Waals surface area (Å²) in [5.41, 5.74) is 9.51. The van der Waals surface area contributed by atoms with Crippen LogP contribution in [0, 0.1) is 17.8 Å². The standard InChI is InChI=1S/C38H54N4O8.C28H35N5O5/c1-23(2)29(21-33(44)50-38(8,9)10)34(45)40-24(3)35(46)42-18-12-14-31(41-42)36(47)48-25(4)28-20-27-19-26(16-17-30(27)39-22-28)13-11-15-32(43)49-37(5,6)7;1-16(2)25-26(35)30-17(3)27(36)33-12-6-8-23(32-33)28(37)38-18(4)21-14-20-13-19(7-5-9-24(34)31-25)10-11-22(20)29-15-21/h11,13,16-17,19-20,22-25,29,31,41H,12,14-15,18,21H2,1-10H3,(H,40,45);5,7,10-11,13-18,23,25,32H,6,8-9,12H2,1-4H3,(H,30,35)(H,31,34)/b13-11+;7-5+/t24-,25+,29-,31-;17-,18+,23-,25-/m00/s1. The largest absolute Gasteiger partial charge is 0.460 e. The Hall–Kier alpha value is -8.11. The Morgan fingerprint density at radius 1 is 0.784 bits per heavy atom. The van der Waals surface area contributed by atoms with Crippen molar-refractivity contribution in [3.63, 3.8) is 0 Å². The van der Waals surface area contributed by atoms with Crippen LogP contribution in [0.4, 0.5) is 0 Å². The molecule has 0 saturated carbocycles. The van der Waals surface area contributed by atoms with Gasteiger partial charge in [-0.15, -0.1) is 0 Å². The second-order valence-electron chi connectivity index (χ2n) is 25.4. The molecule has 2 aromatic heterocycles. The fraction of sp³-hybridized carbons (Fsp3) is 0.530. The number of carbonyl (C=O) groups excluding carboxylic acids is 9. The van der Waals surface area contributed by atoms with Gasteiger partial charge in [0, 0.05) is 53.8 Å². The van der Waals surface area contributed by atoms with Gasteiger partial charge >= 0.3 is 23.9 Å². The van der Waals surface area contributed by atoms with Gasteiger partial charge in [-0.1, -0.05) is 64.1 Å². The summed E-state index contributed by atoms with van der Waals surface area (Å²) in [6, 6.07) is 11.3. The molecule has 2 fully saturated rings. The number of hydrogen-bond acceptors (Lipinski definition) is 17. The zero-order valence-electron chi connectivity index (χ0n) is 53.3. The molecule has 22 nitrogen and oxygen atoms in total. The summed E-state index contributed by atoms with van der Waals surface area (Å²) in [7, 11) is 0.